The van der Waals surface area contributed by atoms with Crippen molar-refractivity contribution in [1.82, 2.24) is 0 Å². The highest BCUT2D eigenvalue weighted by molar-refractivity contribution is 5.90. The first-order chi connectivity index (χ1) is 8.10. The number of esters is 1. The fourth-order valence-corrected chi connectivity index (χ4v) is 4.50. The van der Waals surface area contributed by atoms with Crippen molar-refractivity contribution in [3.8, 4) is 0 Å². The Kier molecular flexibility index (Phi) is 2.42. The van der Waals surface area contributed by atoms with E-state index >= 15 is 0 Å². The molecule has 2 heteroatoms. The standard InChI is InChI=1S/C15H20O2/c1-3-10(2)14(16)17-15-7-11-4-12(8-15)6-13(5-11)9-15/h3,11-13H,1-2,4-9H2. The Labute approximate surface area is 103 Å². The first kappa shape index (κ1) is 11.1. The van der Waals surface area contributed by atoms with E-state index in [1.54, 1.807) is 0 Å². The summed E-state index contributed by atoms with van der Waals surface area (Å²) in [5, 5.41) is 0. The number of carbonyl (C=O) groups is 1. The van der Waals surface area contributed by atoms with Crippen LogP contribution >= 0.6 is 0 Å². The third-order valence-corrected chi connectivity index (χ3v) is 4.80. The van der Waals surface area contributed by atoms with Crippen molar-refractivity contribution in [3.63, 3.8) is 0 Å². The third kappa shape index (κ3) is 1.84. The Bertz CT molecular complexity index is 345. The number of ether oxygens (including phenoxy) is 1. The molecular formula is C15H20O2. The van der Waals surface area contributed by atoms with Crippen LogP contribution in [-0.2, 0) is 9.53 Å². The zero-order valence-electron chi connectivity index (χ0n) is 10.3. The SMILES string of the molecule is C=CC(=C)C(=O)OC12CC3CC(CC(C3)C1)C2. The predicted molar refractivity (Wildman–Crippen MR) is 66.3 cm³/mol. The molecule has 0 saturated heterocycles. The van der Waals surface area contributed by atoms with Crippen molar-refractivity contribution in [2.45, 2.75) is 44.1 Å². The molecule has 0 radical (unpaired) electrons. The fraction of sp³-hybridized carbons (Fsp3) is 0.667. The van der Waals surface area contributed by atoms with Crippen molar-refractivity contribution in [2.75, 3.05) is 0 Å². The minimum atomic E-state index is -0.262. The summed E-state index contributed by atoms with van der Waals surface area (Å²) in [7, 11) is 0. The van der Waals surface area contributed by atoms with Crippen molar-refractivity contribution < 1.29 is 9.53 Å². The molecule has 0 unspecified atom stereocenters. The molecule has 0 amide bonds. The van der Waals surface area contributed by atoms with E-state index in [1.807, 2.05) is 0 Å². The molecule has 4 aliphatic rings. The Morgan fingerprint density at radius 2 is 1.59 bits per heavy atom. The van der Waals surface area contributed by atoms with Gasteiger partial charge >= 0.3 is 5.97 Å². The summed E-state index contributed by atoms with van der Waals surface area (Å²) in [6.07, 6.45) is 8.81. The van der Waals surface area contributed by atoms with E-state index in [2.05, 4.69) is 13.2 Å². The van der Waals surface area contributed by atoms with E-state index < -0.39 is 0 Å². The molecule has 4 rings (SSSR count). The minimum Gasteiger partial charge on any atom is -0.455 e. The van der Waals surface area contributed by atoms with Gasteiger partial charge in [-0.05, 0) is 56.3 Å². The summed E-state index contributed by atoms with van der Waals surface area (Å²) in [5.41, 5.74) is 0.235. The minimum absolute atomic E-state index is 0.155. The quantitative estimate of drug-likeness (QED) is 0.424. The lowest BCUT2D eigenvalue weighted by molar-refractivity contribution is -0.181. The highest BCUT2D eigenvalue weighted by Crippen LogP contribution is 2.57. The molecule has 0 spiro atoms. The monoisotopic (exact) mass is 232 g/mol. The molecule has 0 heterocycles. The van der Waals surface area contributed by atoms with Gasteiger partial charge in [0.25, 0.3) is 0 Å². The predicted octanol–water partition coefficient (Wildman–Crippen LogP) is 3.24. The van der Waals surface area contributed by atoms with Crippen molar-refractivity contribution in [1.29, 1.82) is 0 Å². The Morgan fingerprint density at radius 1 is 1.12 bits per heavy atom. The first-order valence-corrected chi connectivity index (χ1v) is 6.65. The molecule has 4 bridgehead atoms. The summed E-state index contributed by atoms with van der Waals surface area (Å²) < 4.78 is 5.79. The van der Waals surface area contributed by atoms with Gasteiger partial charge < -0.3 is 4.74 Å². The van der Waals surface area contributed by atoms with Gasteiger partial charge in [0.15, 0.2) is 0 Å². The first-order valence-electron chi connectivity index (χ1n) is 6.65. The highest BCUT2D eigenvalue weighted by atomic mass is 16.6. The van der Waals surface area contributed by atoms with Gasteiger partial charge in [-0.1, -0.05) is 19.2 Å². The summed E-state index contributed by atoms with van der Waals surface area (Å²) in [4.78, 5) is 11.9. The molecule has 0 aromatic rings. The van der Waals surface area contributed by atoms with E-state index in [1.165, 1.54) is 25.3 Å². The second kappa shape index (κ2) is 3.72. The third-order valence-electron chi connectivity index (χ3n) is 4.80. The lowest BCUT2D eigenvalue weighted by Crippen LogP contribution is -2.52. The molecule has 92 valence electrons. The van der Waals surface area contributed by atoms with Gasteiger partial charge in [0.05, 0.1) is 5.57 Å². The van der Waals surface area contributed by atoms with Crippen molar-refractivity contribution in [2.24, 2.45) is 17.8 Å². The van der Waals surface area contributed by atoms with Crippen LogP contribution < -0.4 is 0 Å². The average molecular weight is 232 g/mol. The second-order valence-corrected chi connectivity index (χ2v) is 6.22. The summed E-state index contributed by atoms with van der Waals surface area (Å²) >= 11 is 0. The van der Waals surface area contributed by atoms with Gasteiger partial charge in [-0.15, -0.1) is 0 Å². The molecule has 4 saturated carbocycles. The molecule has 17 heavy (non-hydrogen) atoms. The molecular weight excluding hydrogens is 212 g/mol. The Hall–Kier alpha value is -1.05. The molecule has 0 aromatic carbocycles. The van der Waals surface area contributed by atoms with E-state index in [-0.39, 0.29) is 11.6 Å². The highest BCUT2D eigenvalue weighted by Gasteiger charge is 2.53. The van der Waals surface area contributed by atoms with Crippen LogP contribution in [0.4, 0.5) is 0 Å². The second-order valence-electron chi connectivity index (χ2n) is 6.22. The lowest BCUT2D eigenvalue weighted by Gasteiger charge is -2.55. The van der Waals surface area contributed by atoms with Crippen LogP contribution in [0, 0.1) is 17.8 Å². The number of rotatable bonds is 3. The van der Waals surface area contributed by atoms with Crippen LogP contribution in [0.2, 0.25) is 0 Å². The van der Waals surface area contributed by atoms with Crippen LogP contribution in [0.5, 0.6) is 0 Å². The van der Waals surface area contributed by atoms with Crippen LogP contribution in [0.15, 0.2) is 24.8 Å². The Morgan fingerprint density at radius 3 is 2.00 bits per heavy atom. The van der Waals surface area contributed by atoms with E-state index in [9.17, 15) is 4.79 Å². The fourth-order valence-electron chi connectivity index (χ4n) is 4.50. The van der Waals surface area contributed by atoms with Crippen LogP contribution in [0.3, 0.4) is 0 Å². The Balaban J connectivity index is 1.76. The van der Waals surface area contributed by atoms with Gasteiger partial charge in [-0.25, -0.2) is 4.79 Å². The van der Waals surface area contributed by atoms with Crippen LogP contribution in [0.25, 0.3) is 0 Å². The van der Waals surface area contributed by atoms with E-state index in [0.29, 0.717) is 5.57 Å². The maximum Gasteiger partial charge on any atom is 0.338 e. The molecule has 0 atom stereocenters. The molecule has 0 aliphatic heterocycles. The maximum atomic E-state index is 11.9. The van der Waals surface area contributed by atoms with Crippen molar-refractivity contribution >= 4 is 5.97 Å². The number of hydrogen-bond acceptors (Lipinski definition) is 2. The van der Waals surface area contributed by atoms with Gasteiger partial charge in [-0.3, -0.25) is 0 Å². The molecule has 4 fully saturated rings. The molecule has 2 nitrogen and oxygen atoms in total. The molecule has 0 N–H and O–H groups in total. The summed E-state index contributed by atoms with van der Waals surface area (Å²) in [6.45, 7) is 7.25. The zero-order chi connectivity index (χ0) is 12.0. The maximum absolute atomic E-state index is 11.9. The summed E-state index contributed by atoms with van der Waals surface area (Å²) in [6, 6.07) is 0. The van der Waals surface area contributed by atoms with Gasteiger partial charge in [-0.2, -0.15) is 0 Å². The molecule has 4 aliphatic carbocycles. The van der Waals surface area contributed by atoms with E-state index in [4.69, 9.17) is 4.74 Å². The van der Waals surface area contributed by atoms with Gasteiger partial charge in [0.1, 0.15) is 5.60 Å². The largest absolute Gasteiger partial charge is 0.455 e. The summed E-state index contributed by atoms with van der Waals surface area (Å²) in [5.74, 6) is 2.13. The zero-order valence-corrected chi connectivity index (χ0v) is 10.3. The normalized spacial score (nSPS) is 42.2. The average Bonchev–Trinajstić information content (AvgIpc) is 2.25. The van der Waals surface area contributed by atoms with E-state index in [0.717, 1.165) is 37.0 Å². The van der Waals surface area contributed by atoms with Crippen molar-refractivity contribution in [3.05, 3.63) is 24.8 Å². The molecule has 0 aromatic heterocycles. The van der Waals surface area contributed by atoms with Gasteiger partial charge in [0, 0.05) is 0 Å². The lowest BCUT2D eigenvalue weighted by atomic mass is 9.54. The number of hydrogen-bond donors (Lipinski definition) is 0. The van der Waals surface area contributed by atoms with Crippen LogP contribution in [-0.4, -0.2) is 11.6 Å². The topological polar surface area (TPSA) is 26.3 Å². The number of carbonyl (C=O) groups excluding carboxylic acids is 1. The smallest absolute Gasteiger partial charge is 0.338 e. The van der Waals surface area contributed by atoms with Crippen LogP contribution in [0.1, 0.15) is 38.5 Å². The van der Waals surface area contributed by atoms with Gasteiger partial charge in [0.2, 0.25) is 0 Å².